The molecule has 7 nitrogen and oxygen atoms in total. The van der Waals surface area contributed by atoms with Gasteiger partial charge in [0.1, 0.15) is 5.60 Å². The van der Waals surface area contributed by atoms with Crippen LogP contribution in [0.1, 0.15) is 26.3 Å². The first-order chi connectivity index (χ1) is 13.5. The Balaban J connectivity index is 1.91. The highest BCUT2D eigenvalue weighted by Crippen LogP contribution is 2.36. The standard InChI is InChI=1S/C20H24Cl2N4O3/c1-20(2,3)29-19(28)26-8-6-25(7-9-26)17-14(11-16(23)27)13-10-12(21)4-5-15(13)24-18(17)22/h4-5,10H,6-9,11H2,1-3H3,(H2,23,27). The van der Waals surface area contributed by atoms with Crippen LogP contribution in [0.5, 0.6) is 0 Å². The van der Waals surface area contributed by atoms with Crippen LogP contribution in [0.4, 0.5) is 10.5 Å². The van der Waals surface area contributed by atoms with Crippen molar-refractivity contribution in [3.63, 3.8) is 0 Å². The average molecular weight is 439 g/mol. The maximum absolute atomic E-state index is 12.3. The van der Waals surface area contributed by atoms with Gasteiger partial charge in [-0.05, 0) is 44.5 Å². The molecule has 0 bridgehead atoms. The van der Waals surface area contributed by atoms with Gasteiger partial charge in [0.25, 0.3) is 0 Å². The molecule has 0 aliphatic carbocycles. The lowest BCUT2D eigenvalue weighted by Gasteiger charge is -2.37. The topological polar surface area (TPSA) is 88.8 Å². The number of pyridine rings is 1. The van der Waals surface area contributed by atoms with Gasteiger partial charge in [-0.25, -0.2) is 9.78 Å². The van der Waals surface area contributed by atoms with E-state index in [-0.39, 0.29) is 12.5 Å². The van der Waals surface area contributed by atoms with E-state index in [1.54, 1.807) is 23.1 Å². The summed E-state index contributed by atoms with van der Waals surface area (Å²) in [6.07, 6.45) is -0.329. The van der Waals surface area contributed by atoms with Gasteiger partial charge in [-0.15, -0.1) is 0 Å². The summed E-state index contributed by atoms with van der Waals surface area (Å²) in [5.74, 6) is -0.470. The van der Waals surface area contributed by atoms with E-state index in [9.17, 15) is 9.59 Å². The number of nitrogens with two attached hydrogens (primary N) is 1. The fraction of sp³-hybridized carbons (Fsp3) is 0.450. The van der Waals surface area contributed by atoms with Crippen molar-refractivity contribution >= 4 is 51.8 Å². The van der Waals surface area contributed by atoms with Gasteiger partial charge in [-0.3, -0.25) is 4.79 Å². The van der Waals surface area contributed by atoms with Crippen molar-refractivity contribution in [2.24, 2.45) is 5.73 Å². The van der Waals surface area contributed by atoms with Crippen LogP contribution >= 0.6 is 23.2 Å². The van der Waals surface area contributed by atoms with Crippen molar-refractivity contribution in [2.45, 2.75) is 32.8 Å². The molecule has 0 atom stereocenters. The van der Waals surface area contributed by atoms with Crippen LogP contribution in [0, 0.1) is 0 Å². The van der Waals surface area contributed by atoms with Crippen molar-refractivity contribution in [3.8, 4) is 0 Å². The number of amides is 2. The molecule has 0 unspecified atom stereocenters. The quantitative estimate of drug-likeness (QED) is 0.738. The number of nitrogens with zero attached hydrogens (tertiary/aromatic N) is 3. The number of ether oxygens (including phenoxy) is 1. The van der Waals surface area contributed by atoms with Crippen LogP contribution in [0.15, 0.2) is 18.2 Å². The molecule has 1 aromatic carbocycles. The molecular formula is C20H24Cl2N4O3. The van der Waals surface area contributed by atoms with Crippen LogP contribution < -0.4 is 10.6 Å². The minimum atomic E-state index is -0.548. The summed E-state index contributed by atoms with van der Waals surface area (Å²) in [5, 5.41) is 1.57. The molecule has 1 saturated heterocycles. The first-order valence-electron chi connectivity index (χ1n) is 9.34. The lowest BCUT2D eigenvalue weighted by Crippen LogP contribution is -2.50. The average Bonchev–Trinajstić information content (AvgIpc) is 2.61. The fourth-order valence-electron chi connectivity index (χ4n) is 3.37. The molecule has 1 aliphatic heterocycles. The second kappa shape index (κ2) is 8.24. The molecule has 2 N–H and O–H groups in total. The zero-order chi connectivity index (χ0) is 21.3. The number of carbonyl (C=O) groups excluding carboxylic acids is 2. The third-order valence-corrected chi connectivity index (χ3v) is 5.08. The van der Waals surface area contributed by atoms with E-state index in [1.807, 2.05) is 25.7 Å². The number of fused-ring (bicyclic) bond motifs is 1. The second-order valence-corrected chi connectivity index (χ2v) is 8.78. The summed E-state index contributed by atoms with van der Waals surface area (Å²) in [5.41, 5.74) is 6.95. The number of aromatic nitrogens is 1. The van der Waals surface area contributed by atoms with Crippen LogP contribution in [-0.4, -0.2) is 53.7 Å². The monoisotopic (exact) mass is 438 g/mol. The normalized spacial score (nSPS) is 14.9. The predicted octanol–water partition coefficient (Wildman–Crippen LogP) is 3.63. The number of primary amides is 1. The molecule has 0 radical (unpaired) electrons. The first-order valence-corrected chi connectivity index (χ1v) is 10.1. The Bertz CT molecular complexity index is 951. The number of hydrogen-bond donors (Lipinski definition) is 1. The molecule has 156 valence electrons. The Kier molecular flexibility index (Phi) is 6.10. The van der Waals surface area contributed by atoms with E-state index in [0.29, 0.717) is 53.1 Å². The summed E-state index contributed by atoms with van der Waals surface area (Å²) in [7, 11) is 0. The van der Waals surface area contributed by atoms with Crippen molar-refractivity contribution < 1.29 is 14.3 Å². The molecule has 29 heavy (non-hydrogen) atoms. The molecular weight excluding hydrogens is 415 g/mol. The lowest BCUT2D eigenvalue weighted by atomic mass is 10.0. The summed E-state index contributed by atoms with van der Waals surface area (Å²) in [6, 6.07) is 5.25. The van der Waals surface area contributed by atoms with E-state index < -0.39 is 11.5 Å². The lowest BCUT2D eigenvalue weighted by molar-refractivity contribution is -0.117. The van der Waals surface area contributed by atoms with Crippen molar-refractivity contribution in [3.05, 3.63) is 33.9 Å². The van der Waals surface area contributed by atoms with E-state index in [2.05, 4.69) is 4.98 Å². The zero-order valence-electron chi connectivity index (χ0n) is 16.7. The highest BCUT2D eigenvalue weighted by molar-refractivity contribution is 6.33. The van der Waals surface area contributed by atoms with Crippen LogP contribution in [0.3, 0.4) is 0 Å². The zero-order valence-corrected chi connectivity index (χ0v) is 18.2. The van der Waals surface area contributed by atoms with Gasteiger partial charge in [0.05, 0.1) is 17.6 Å². The fourth-order valence-corrected chi connectivity index (χ4v) is 3.87. The Hall–Kier alpha value is -2.25. The third kappa shape index (κ3) is 5.03. The van der Waals surface area contributed by atoms with Gasteiger partial charge in [0, 0.05) is 36.6 Å². The van der Waals surface area contributed by atoms with Crippen LogP contribution in [0.2, 0.25) is 10.2 Å². The Morgan fingerprint density at radius 1 is 1.17 bits per heavy atom. The molecule has 1 aliphatic rings. The van der Waals surface area contributed by atoms with Gasteiger partial charge in [0.15, 0.2) is 5.15 Å². The molecule has 0 spiro atoms. The number of hydrogen-bond acceptors (Lipinski definition) is 5. The number of halogens is 2. The van der Waals surface area contributed by atoms with E-state index in [0.717, 1.165) is 5.39 Å². The smallest absolute Gasteiger partial charge is 0.410 e. The molecule has 2 amide bonds. The summed E-state index contributed by atoms with van der Waals surface area (Å²) < 4.78 is 5.44. The minimum absolute atomic E-state index is 0.0146. The minimum Gasteiger partial charge on any atom is -0.444 e. The van der Waals surface area contributed by atoms with E-state index in [4.69, 9.17) is 33.7 Å². The van der Waals surface area contributed by atoms with Crippen molar-refractivity contribution in [1.82, 2.24) is 9.88 Å². The first kappa shape index (κ1) is 21.5. The predicted molar refractivity (Wildman–Crippen MR) is 115 cm³/mol. The Morgan fingerprint density at radius 2 is 1.83 bits per heavy atom. The Labute approximate surface area is 179 Å². The number of carbonyl (C=O) groups is 2. The Morgan fingerprint density at radius 3 is 2.41 bits per heavy atom. The number of benzene rings is 1. The molecule has 2 heterocycles. The van der Waals surface area contributed by atoms with Gasteiger partial charge < -0.3 is 20.3 Å². The van der Waals surface area contributed by atoms with Crippen LogP contribution in [-0.2, 0) is 16.0 Å². The molecule has 1 aromatic heterocycles. The molecule has 3 rings (SSSR count). The second-order valence-electron chi connectivity index (χ2n) is 7.99. The number of piperazine rings is 1. The highest BCUT2D eigenvalue weighted by Gasteiger charge is 2.29. The molecule has 1 fully saturated rings. The summed E-state index contributed by atoms with van der Waals surface area (Å²) >= 11 is 12.7. The number of rotatable bonds is 3. The third-order valence-electron chi connectivity index (χ3n) is 4.58. The van der Waals surface area contributed by atoms with Gasteiger partial charge in [-0.1, -0.05) is 23.2 Å². The van der Waals surface area contributed by atoms with E-state index >= 15 is 0 Å². The molecule has 9 heteroatoms. The van der Waals surface area contributed by atoms with Gasteiger partial charge >= 0.3 is 6.09 Å². The highest BCUT2D eigenvalue weighted by atomic mass is 35.5. The van der Waals surface area contributed by atoms with Gasteiger partial charge in [-0.2, -0.15) is 0 Å². The number of anilines is 1. The maximum Gasteiger partial charge on any atom is 0.410 e. The van der Waals surface area contributed by atoms with E-state index in [1.165, 1.54) is 0 Å². The SMILES string of the molecule is CC(C)(C)OC(=O)N1CCN(c2c(Cl)nc3ccc(Cl)cc3c2CC(N)=O)CC1. The van der Waals surface area contributed by atoms with Crippen molar-refractivity contribution in [1.29, 1.82) is 0 Å². The summed E-state index contributed by atoms with van der Waals surface area (Å²) in [6.45, 7) is 7.50. The van der Waals surface area contributed by atoms with Gasteiger partial charge in [0.2, 0.25) is 5.91 Å². The molecule has 0 saturated carbocycles. The largest absolute Gasteiger partial charge is 0.444 e. The van der Waals surface area contributed by atoms with Crippen LogP contribution in [0.25, 0.3) is 10.9 Å². The summed E-state index contributed by atoms with van der Waals surface area (Å²) in [4.78, 5) is 32.2. The maximum atomic E-state index is 12.3. The molecule has 2 aromatic rings. The van der Waals surface area contributed by atoms with Crippen molar-refractivity contribution in [2.75, 3.05) is 31.1 Å².